The minimum atomic E-state index is 0.0173. The van der Waals surface area contributed by atoms with Crippen LogP contribution in [0.5, 0.6) is 0 Å². The zero-order valence-corrected chi connectivity index (χ0v) is 14.7. The lowest BCUT2D eigenvalue weighted by atomic mass is 9.97. The molecule has 0 unspecified atom stereocenters. The molecule has 0 bridgehead atoms. The van der Waals surface area contributed by atoms with Gasteiger partial charge in [-0.15, -0.1) is 0 Å². The Labute approximate surface area is 151 Å². The Morgan fingerprint density at radius 1 is 1.15 bits per heavy atom. The molecule has 5 heteroatoms. The van der Waals surface area contributed by atoms with Crippen molar-refractivity contribution in [1.29, 1.82) is 0 Å². The Balaban J connectivity index is 1.59. The van der Waals surface area contributed by atoms with Gasteiger partial charge in [0.05, 0.1) is 0 Å². The number of nitrogens with one attached hydrogen (secondary N) is 2. The molecule has 0 saturated heterocycles. The molecule has 0 aliphatic carbocycles. The highest BCUT2D eigenvalue weighted by atomic mass is 16.1. The highest BCUT2D eigenvalue weighted by molar-refractivity contribution is 6.00. The summed E-state index contributed by atoms with van der Waals surface area (Å²) in [6.07, 6.45) is 7.32. The predicted molar refractivity (Wildman–Crippen MR) is 103 cm³/mol. The van der Waals surface area contributed by atoms with Gasteiger partial charge in [-0.05, 0) is 53.9 Å². The molecular weight excluding hydrogens is 324 g/mol. The Morgan fingerprint density at radius 2 is 2.08 bits per heavy atom. The molecule has 2 aliphatic rings. The quantitative estimate of drug-likeness (QED) is 0.750. The molecule has 0 fully saturated rings. The summed E-state index contributed by atoms with van der Waals surface area (Å²) in [5.74, 6) is 0.0173. The van der Waals surface area contributed by atoms with Crippen LogP contribution in [-0.4, -0.2) is 40.9 Å². The van der Waals surface area contributed by atoms with E-state index in [4.69, 9.17) is 0 Å². The Bertz CT molecular complexity index is 1060. The Morgan fingerprint density at radius 3 is 2.92 bits per heavy atom. The van der Waals surface area contributed by atoms with Gasteiger partial charge in [-0.25, -0.2) is 4.98 Å². The number of hydrogen-bond acceptors (Lipinski definition) is 3. The zero-order chi connectivity index (χ0) is 17.7. The van der Waals surface area contributed by atoms with Crippen LogP contribution in [0.15, 0.2) is 42.7 Å². The van der Waals surface area contributed by atoms with Crippen molar-refractivity contribution in [2.75, 3.05) is 20.1 Å². The molecule has 0 saturated carbocycles. The van der Waals surface area contributed by atoms with Gasteiger partial charge in [-0.3, -0.25) is 4.79 Å². The number of likely N-dealkylation sites (N-methyl/N-ethyl adjacent to an activating group) is 1. The van der Waals surface area contributed by atoms with Gasteiger partial charge >= 0.3 is 0 Å². The van der Waals surface area contributed by atoms with Gasteiger partial charge in [0.15, 0.2) is 0 Å². The van der Waals surface area contributed by atoms with Crippen LogP contribution < -0.4 is 5.32 Å². The predicted octanol–water partition coefficient (Wildman–Crippen LogP) is 3.19. The van der Waals surface area contributed by atoms with E-state index >= 15 is 0 Å². The van der Waals surface area contributed by atoms with E-state index in [0.717, 1.165) is 52.8 Å². The van der Waals surface area contributed by atoms with Crippen LogP contribution in [0.2, 0.25) is 0 Å². The van der Waals surface area contributed by atoms with Crippen molar-refractivity contribution in [3.05, 3.63) is 59.4 Å². The number of pyridine rings is 1. The molecule has 5 nitrogen and oxygen atoms in total. The maximum atomic E-state index is 11.8. The highest BCUT2D eigenvalue weighted by Crippen LogP contribution is 2.32. The molecule has 2 N–H and O–H groups in total. The first kappa shape index (κ1) is 15.3. The smallest absolute Gasteiger partial charge is 0.251 e. The monoisotopic (exact) mass is 344 g/mol. The number of aromatic amines is 1. The molecule has 2 aromatic heterocycles. The maximum absolute atomic E-state index is 11.8. The number of amides is 1. The van der Waals surface area contributed by atoms with Gasteiger partial charge in [0, 0.05) is 48.5 Å². The average molecular weight is 344 g/mol. The number of benzene rings is 1. The van der Waals surface area contributed by atoms with Crippen molar-refractivity contribution in [3.63, 3.8) is 0 Å². The fourth-order valence-corrected chi connectivity index (χ4v) is 3.85. The SMILES string of the molecule is CN1CC=C(c2cnc3[nH]cc(-c4ccc5c(c4)CNC5=O)c3c2)CC1. The molecule has 26 heavy (non-hydrogen) atoms. The largest absolute Gasteiger partial charge is 0.348 e. The normalized spacial score (nSPS) is 17.3. The first-order valence-corrected chi connectivity index (χ1v) is 8.95. The van der Waals surface area contributed by atoms with Crippen LogP contribution in [0.1, 0.15) is 27.9 Å². The van der Waals surface area contributed by atoms with Gasteiger partial charge in [0.1, 0.15) is 5.65 Å². The van der Waals surface area contributed by atoms with E-state index in [1.165, 1.54) is 11.1 Å². The van der Waals surface area contributed by atoms with Crippen molar-refractivity contribution in [2.45, 2.75) is 13.0 Å². The summed E-state index contributed by atoms with van der Waals surface area (Å²) in [5.41, 5.74) is 7.55. The van der Waals surface area contributed by atoms with Gasteiger partial charge in [0.25, 0.3) is 5.91 Å². The molecule has 1 aromatic carbocycles. The van der Waals surface area contributed by atoms with Crippen molar-refractivity contribution in [1.82, 2.24) is 20.2 Å². The van der Waals surface area contributed by atoms with Crippen LogP contribution in [0, 0.1) is 0 Å². The lowest BCUT2D eigenvalue weighted by Crippen LogP contribution is -2.23. The van der Waals surface area contributed by atoms with E-state index in [-0.39, 0.29) is 5.91 Å². The zero-order valence-electron chi connectivity index (χ0n) is 14.7. The topological polar surface area (TPSA) is 61.0 Å². The van der Waals surface area contributed by atoms with E-state index in [1.807, 2.05) is 24.5 Å². The number of carbonyl (C=O) groups excluding carboxylic acids is 1. The van der Waals surface area contributed by atoms with Crippen LogP contribution in [0.25, 0.3) is 27.7 Å². The van der Waals surface area contributed by atoms with E-state index < -0.39 is 0 Å². The van der Waals surface area contributed by atoms with E-state index in [0.29, 0.717) is 6.54 Å². The van der Waals surface area contributed by atoms with Gasteiger partial charge in [0.2, 0.25) is 0 Å². The summed E-state index contributed by atoms with van der Waals surface area (Å²) in [4.78, 5) is 22.0. The molecule has 2 aliphatic heterocycles. The second kappa shape index (κ2) is 5.81. The molecule has 1 amide bonds. The lowest BCUT2D eigenvalue weighted by Gasteiger charge is -2.22. The maximum Gasteiger partial charge on any atom is 0.251 e. The number of aromatic nitrogens is 2. The fraction of sp³-hybridized carbons (Fsp3) is 0.238. The van der Waals surface area contributed by atoms with Gasteiger partial charge in [-0.1, -0.05) is 12.1 Å². The summed E-state index contributed by atoms with van der Waals surface area (Å²) in [6, 6.07) is 8.29. The number of carbonyl (C=O) groups is 1. The van der Waals surface area contributed by atoms with E-state index in [1.54, 1.807) is 0 Å². The molecule has 5 rings (SSSR count). The summed E-state index contributed by atoms with van der Waals surface area (Å²) < 4.78 is 0. The molecule has 0 spiro atoms. The Hall–Kier alpha value is -2.92. The number of nitrogens with zero attached hydrogens (tertiary/aromatic N) is 2. The lowest BCUT2D eigenvalue weighted by molar-refractivity contribution is 0.0966. The van der Waals surface area contributed by atoms with Crippen LogP contribution in [0.3, 0.4) is 0 Å². The van der Waals surface area contributed by atoms with Gasteiger partial charge < -0.3 is 15.2 Å². The third kappa shape index (κ3) is 2.44. The minimum absolute atomic E-state index is 0.0173. The van der Waals surface area contributed by atoms with Crippen LogP contribution >= 0.6 is 0 Å². The first-order valence-electron chi connectivity index (χ1n) is 8.95. The summed E-state index contributed by atoms with van der Waals surface area (Å²) in [7, 11) is 2.15. The highest BCUT2D eigenvalue weighted by Gasteiger charge is 2.20. The third-order valence-corrected chi connectivity index (χ3v) is 5.41. The number of hydrogen-bond donors (Lipinski definition) is 2. The van der Waals surface area contributed by atoms with Crippen molar-refractivity contribution < 1.29 is 4.79 Å². The second-order valence-electron chi connectivity index (χ2n) is 7.12. The van der Waals surface area contributed by atoms with Crippen LogP contribution in [0.4, 0.5) is 0 Å². The first-order chi connectivity index (χ1) is 12.7. The molecular formula is C21H20N4O. The summed E-state index contributed by atoms with van der Waals surface area (Å²) >= 11 is 0. The number of rotatable bonds is 2. The van der Waals surface area contributed by atoms with E-state index in [2.05, 4.69) is 45.4 Å². The van der Waals surface area contributed by atoms with Crippen LogP contribution in [-0.2, 0) is 6.54 Å². The van der Waals surface area contributed by atoms with Crippen molar-refractivity contribution in [3.8, 4) is 11.1 Å². The number of fused-ring (bicyclic) bond motifs is 2. The average Bonchev–Trinajstić information content (AvgIpc) is 3.25. The van der Waals surface area contributed by atoms with Crippen molar-refractivity contribution >= 4 is 22.5 Å². The van der Waals surface area contributed by atoms with E-state index in [9.17, 15) is 4.79 Å². The standard InChI is InChI=1S/C21H20N4O/c1-25-6-4-13(5-7-25)15-9-18-19(12-23-20(18)22-10-15)14-2-3-17-16(8-14)11-24-21(17)26/h2-4,8-10,12H,5-7,11H2,1H3,(H,22,23)(H,24,26). The van der Waals surface area contributed by atoms with Gasteiger partial charge in [-0.2, -0.15) is 0 Å². The molecule has 4 heterocycles. The minimum Gasteiger partial charge on any atom is -0.348 e. The fourth-order valence-electron chi connectivity index (χ4n) is 3.85. The van der Waals surface area contributed by atoms with Crippen molar-refractivity contribution in [2.24, 2.45) is 0 Å². The molecule has 0 radical (unpaired) electrons. The summed E-state index contributed by atoms with van der Waals surface area (Å²) in [5, 5.41) is 4.00. The molecule has 130 valence electrons. The number of H-pyrrole nitrogens is 1. The molecule has 3 aromatic rings. The summed E-state index contributed by atoms with van der Waals surface area (Å²) in [6.45, 7) is 2.67. The Kier molecular flexibility index (Phi) is 3.43. The molecule has 0 atom stereocenters. The second-order valence-corrected chi connectivity index (χ2v) is 7.12. The third-order valence-electron chi connectivity index (χ3n) is 5.41.